The molecule has 0 aliphatic carbocycles. The summed E-state index contributed by atoms with van der Waals surface area (Å²) in [6.45, 7) is 0. The molecule has 0 bridgehead atoms. The first-order chi connectivity index (χ1) is 23.3. The van der Waals surface area contributed by atoms with Crippen LogP contribution in [0.3, 0.4) is 0 Å². The van der Waals surface area contributed by atoms with Gasteiger partial charge < -0.3 is 4.42 Å². The summed E-state index contributed by atoms with van der Waals surface area (Å²) in [6.07, 6.45) is 0. The molecule has 0 aliphatic heterocycles. The molecular formula is C46H28O. The zero-order chi connectivity index (χ0) is 30.9. The average molecular weight is 597 g/mol. The van der Waals surface area contributed by atoms with E-state index in [9.17, 15) is 0 Å². The van der Waals surface area contributed by atoms with E-state index in [2.05, 4.69) is 170 Å². The highest BCUT2D eigenvalue weighted by Crippen LogP contribution is 2.48. The number of hydrogen-bond acceptors (Lipinski definition) is 1. The summed E-state index contributed by atoms with van der Waals surface area (Å²) in [4.78, 5) is 0. The van der Waals surface area contributed by atoms with E-state index >= 15 is 0 Å². The molecule has 0 N–H and O–H groups in total. The molecule has 9 aromatic carbocycles. The zero-order valence-corrected chi connectivity index (χ0v) is 25.6. The largest absolute Gasteiger partial charge is 0.456 e. The normalized spacial score (nSPS) is 11.8. The van der Waals surface area contributed by atoms with Gasteiger partial charge in [0.2, 0.25) is 0 Å². The second kappa shape index (κ2) is 10.2. The van der Waals surface area contributed by atoms with Crippen molar-refractivity contribution in [3.8, 4) is 33.4 Å². The minimum Gasteiger partial charge on any atom is -0.456 e. The Morgan fingerprint density at radius 2 is 0.809 bits per heavy atom. The van der Waals surface area contributed by atoms with Gasteiger partial charge in [0.15, 0.2) is 0 Å². The Morgan fingerprint density at radius 3 is 1.47 bits per heavy atom. The van der Waals surface area contributed by atoms with Crippen LogP contribution >= 0.6 is 0 Å². The number of benzene rings is 9. The van der Waals surface area contributed by atoms with Gasteiger partial charge in [0.25, 0.3) is 0 Å². The highest BCUT2D eigenvalue weighted by atomic mass is 16.3. The second-order valence-electron chi connectivity index (χ2n) is 12.4. The van der Waals surface area contributed by atoms with Crippen molar-refractivity contribution >= 4 is 65.0 Å². The predicted molar refractivity (Wildman–Crippen MR) is 200 cm³/mol. The van der Waals surface area contributed by atoms with Crippen LogP contribution in [0.25, 0.3) is 98.4 Å². The van der Waals surface area contributed by atoms with E-state index < -0.39 is 0 Å². The van der Waals surface area contributed by atoms with Gasteiger partial charge in [-0.15, -0.1) is 0 Å². The van der Waals surface area contributed by atoms with Crippen LogP contribution in [-0.2, 0) is 0 Å². The Kier molecular flexibility index (Phi) is 5.64. The molecule has 0 amide bonds. The molecule has 0 spiro atoms. The molecule has 0 saturated heterocycles. The molecule has 0 fully saturated rings. The van der Waals surface area contributed by atoms with Crippen molar-refractivity contribution in [3.63, 3.8) is 0 Å². The Bertz CT molecular complexity index is 2780. The van der Waals surface area contributed by atoms with E-state index in [4.69, 9.17) is 4.42 Å². The predicted octanol–water partition coefficient (Wildman–Crippen LogP) is 13.2. The molecule has 0 aliphatic rings. The highest BCUT2D eigenvalue weighted by molar-refractivity contribution is 6.27. The first kappa shape index (κ1) is 26.1. The summed E-state index contributed by atoms with van der Waals surface area (Å²) in [5, 5.41) is 12.2. The summed E-state index contributed by atoms with van der Waals surface area (Å²) in [6, 6.07) is 61.5. The maximum Gasteiger partial charge on any atom is 0.136 e. The quantitative estimate of drug-likeness (QED) is 0.185. The molecule has 47 heavy (non-hydrogen) atoms. The minimum absolute atomic E-state index is 0.910. The monoisotopic (exact) mass is 596 g/mol. The molecule has 0 radical (unpaired) electrons. The number of furan rings is 1. The zero-order valence-electron chi connectivity index (χ0n) is 25.6. The molecular weight excluding hydrogens is 569 g/mol. The van der Waals surface area contributed by atoms with Crippen LogP contribution < -0.4 is 0 Å². The van der Waals surface area contributed by atoms with E-state index in [1.165, 1.54) is 76.5 Å². The lowest BCUT2D eigenvalue weighted by Crippen LogP contribution is -1.92. The van der Waals surface area contributed by atoms with E-state index in [0.717, 1.165) is 21.9 Å². The van der Waals surface area contributed by atoms with Crippen molar-refractivity contribution < 1.29 is 4.42 Å². The van der Waals surface area contributed by atoms with Gasteiger partial charge in [-0.05, 0) is 94.7 Å². The molecule has 1 heterocycles. The van der Waals surface area contributed by atoms with Crippen LogP contribution in [0.2, 0.25) is 0 Å². The fourth-order valence-electron chi connectivity index (χ4n) is 7.82. The molecule has 10 rings (SSSR count). The van der Waals surface area contributed by atoms with Crippen LogP contribution in [0, 0.1) is 0 Å². The molecule has 0 unspecified atom stereocenters. The van der Waals surface area contributed by atoms with Crippen LogP contribution in [0.15, 0.2) is 174 Å². The topological polar surface area (TPSA) is 13.1 Å². The smallest absolute Gasteiger partial charge is 0.136 e. The van der Waals surface area contributed by atoms with Gasteiger partial charge in [0.1, 0.15) is 11.2 Å². The fourth-order valence-corrected chi connectivity index (χ4v) is 7.82. The summed E-state index contributed by atoms with van der Waals surface area (Å²) in [7, 11) is 0. The SMILES string of the molecule is c1ccc(-c2ccc(-c3c4ccccc4c(-c4cccc5oc6cc7ccccc7cc6c45)c4ccccc34)c3ccccc23)cc1. The Labute approximate surface area is 271 Å². The number of rotatable bonds is 3. The van der Waals surface area contributed by atoms with Gasteiger partial charge in [0.05, 0.1) is 0 Å². The van der Waals surface area contributed by atoms with E-state index in [0.29, 0.717) is 0 Å². The number of fused-ring (bicyclic) bond motifs is 7. The van der Waals surface area contributed by atoms with E-state index in [1.807, 2.05) is 0 Å². The maximum atomic E-state index is 6.54. The second-order valence-corrected chi connectivity index (χ2v) is 12.4. The van der Waals surface area contributed by atoms with Crippen molar-refractivity contribution in [1.82, 2.24) is 0 Å². The van der Waals surface area contributed by atoms with Crippen LogP contribution in [0.4, 0.5) is 0 Å². The molecule has 1 nitrogen and oxygen atoms in total. The van der Waals surface area contributed by atoms with Crippen LogP contribution in [-0.4, -0.2) is 0 Å². The standard InChI is InChI=1S/C46H28O/c1-2-13-29(14-3-1)32-25-26-39(34-18-7-6-17-33(32)34)44-35-19-8-10-21-37(35)45(38-22-11-9-20-36(38)44)40-23-12-24-42-46(40)41-27-30-15-4-5-16-31(30)28-43(41)47-42/h1-28H. The molecule has 1 heteroatoms. The summed E-state index contributed by atoms with van der Waals surface area (Å²) in [5.41, 5.74) is 9.26. The van der Waals surface area contributed by atoms with Crippen molar-refractivity contribution in [3.05, 3.63) is 170 Å². The molecule has 0 saturated carbocycles. The molecule has 1 aromatic heterocycles. The first-order valence-electron chi connectivity index (χ1n) is 16.2. The van der Waals surface area contributed by atoms with Gasteiger partial charge in [-0.3, -0.25) is 0 Å². The van der Waals surface area contributed by atoms with Crippen molar-refractivity contribution in [2.45, 2.75) is 0 Å². The Morgan fingerprint density at radius 1 is 0.298 bits per heavy atom. The average Bonchev–Trinajstić information content (AvgIpc) is 3.50. The third-order valence-corrected chi connectivity index (χ3v) is 9.84. The summed E-state index contributed by atoms with van der Waals surface area (Å²) >= 11 is 0. The fraction of sp³-hybridized carbons (Fsp3) is 0. The van der Waals surface area contributed by atoms with Gasteiger partial charge in [-0.2, -0.15) is 0 Å². The van der Waals surface area contributed by atoms with Crippen LogP contribution in [0.1, 0.15) is 0 Å². The van der Waals surface area contributed by atoms with Crippen molar-refractivity contribution in [1.29, 1.82) is 0 Å². The minimum atomic E-state index is 0.910. The Balaban J connectivity index is 1.32. The van der Waals surface area contributed by atoms with E-state index in [-0.39, 0.29) is 0 Å². The van der Waals surface area contributed by atoms with Gasteiger partial charge in [0, 0.05) is 10.8 Å². The molecule has 218 valence electrons. The van der Waals surface area contributed by atoms with E-state index in [1.54, 1.807) is 0 Å². The molecule has 0 atom stereocenters. The lowest BCUT2D eigenvalue weighted by Gasteiger charge is -2.20. The summed E-state index contributed by atoms with van der Waals surface area (Å²) in [5.74, 6) is 0. The van der Waals surface area contributed by atoms with Crippen molar-refractivity contribution in [2.24, 2.45) is 0 Å². The first-order valence-corrected chi connectivity index (χ1v) is 16.2. The highest BCUT2D eigenvalue weighted by Gasteiger charge is 2.21. The Hall–Kier alpha value is -6.18. The lowest BCUT2D eigenvalue weighted by atomic mass is 9.83. The third kappa shape index (κ3) is 3.90. The van der Waals surface area contributed by atoms with Gasteiger partial charge in [-0.1, -0.05) is 152 Å². The number of hydrogen-bond donors (Lipinski definition) is 0. The van der Waals surface area contributed by atoms with Crippen molar-refractivity contribution in [2.75, 3.05) is 0 Å². The summed E-state index contributed by atoms with van der Waals surface area (Å²) < 4.78 is 6.54. The third-order valence-electron chi connectivity index (χ3n) is 9.84. The van der Waals surface area contributed by atoms with Gasteiger partial charge in [-0.25, -0.2) is 0 Å². The lowest BCUT2D eigenvalue weighted by molar-refractivity contribution is 0.669. The molecule has 10 aromatic rings. The van der Waals surface area contributed by atoms with Crippen LogP contribution in [0.5, 0.6) is 0 Å². The maximum absolute atomic E-state index is 6.54. The van der Waals surface area contributed by atoms with Gasteiger partial charge >= 0.3 is 0 Å².